The first-order chi connectivity index (χ1) is 7.88. The maximum absolute atomic E-state index is 12.0. The van der Waals surface area contributed by atoms with Crippen molar-refractivity contribution in [1.82, 2.24) is 4.31 Å². The molecule has 0 bridgehead atoms. The van der Waals surface area contributed by atoms with Crippen molar-refractivity contribution in [1.29, 1.82) is 0 Å². The Morgan fingerprint density at radius 3 is 2.65 bits per heavy atom. The molecule has 0 aromatic carbocycles. The standard InChI is InChI=1S/C10H19ClN2O3S/c1-8-3-4-9(10(12)14)7-13(8)17(15,16)6-2-5-11/h8-9H,2-7H2,1H3,(H2,12,14). The van der Waals surface area contributed by atoms with Gasteiger partial charge in [0.15, 0.2) is 0 Å². The second-order valence-electron chi connectivity index (χ2n) is 4.45. The molecule has 0 radical (unpaired) electrons. The average molecular weight is 283 g/mol. The Hall–Kier alpha value is -0.330. The zero-order chi connectivity index (χ0) is 13.1. The zero-order valence-electron chi connectivity index (χ0n) is 9.93. The van der Waals surface area contributed by atoms with Crippen LogP contribution in [0.3, 0.4) is 0 Å². The lowest BCUT2D eigenvalue weighted by Crippen LogP contribution is -2.49. The number of piperidine rings is 1. The van der Waals surface area contributed by atoms with Crippen LogP contribution < -0.4 is 5.73 Å². The van der Waals surface area contributed by atoms with Crippen LogP contribution in [0.15, 0.2) is 0 Å². The van der Waals surface area contributed by atoms with Gasteiger partial charge in [0.05, 0.1) is 11.7 Å². The molecule has 1 heterocycles. The Balaban J connectivity index is 2.76. The van der Waals surface area contributed by atoms with E-state index in [1.54, 1.807) is 0 Å². The van der Waals surface area contributed by atoms with Crippen LogP contribution >= 0.6 is 11.6 Å². The number of nitrogens with zero attached hydrogens (tertiary/aromatic N) is 1. The third kappa shape index (κ3) is 3.82. The number of carbonyl (C=O) groups is 1. The molecule has 0 aromatic rings. The van der Waals surface area contributed by atoms with Crippen LogP contribution in [0.4, 0.5) is 0 Å². The lowest BCUT2D eigenvalue weighted by molar-refractivity contribution is -0.123. The summed E-state index contributed by atoms with van der Waals surface area (Å²) < 4.78 is 25.5. The van der Waals surface area contributed by atoms with E-state index in [9.17, 15) is 13.2 Å². The summed E-state index contributed by atoms with van der Waals surface area (Å²) in [7, 11) is -3.32. The summed E-state index contributed by atoms with van der Waals surface area (Å²) in [5, 5.41) is 0. The van der Waals surface area contributed by atoms with Crippen molar-refractivity contribution in [2.75, 3.05) is 18.2 Å². The molecule has 100 valence electrons. The summed E-state index contributed by atoms with van der Waals surface area (Å²) in [5.41, 5.74) is 5.24. The van der Waals surface area contributed by atoms with E-state index >= 15 is 0 Å². The normalized spacial score (nSPS) is 26.9. The topological polar surface area (TPSA) is 80.5 Å². The molecule has 5 nitrogen and oxygen atoms in total. The van der Waals surface area contributed by atoms with Crippen LogP contribution in [0.25, 0.3) is 0 Å². The smallest absolute Gasteiger partial charge is 0.221 e. The highest BCUT2D eigenvalue weighted by Gasteiger charge is 2.35. The van der Waals surface area contributed by atoms with Gasteiger partial charge in [-0.1, -0.05) is 0 Å². The van der Waals surface area contributed by atoms with E-state index in [-0.39, 0.29) is 24.3 Å². The summed E-state index contributed by atoms with van der Waals surface area (Å²) in [6.07, 6.45) is 1.76. The number of carbonyl (C=O) groups excluding carboxylic acids is 1. The summed E-state index contributed by atoms with van der Waals surface area (Å²) in [6.45, 7) is 2.07. The number of sulfonamides is 1. The van der Waals surface area contributed by atoms with Gasteiger partial charge in [0.1, 0.15) is 0 Å². The van der Waals surface area contributed by atoms with Gasteiger partial charge < -0.3 is 5.73 Å². The van der Waals surface area contributed by atoms with E-state index in [0.717, 1.165) is 0 Å². The van der Waals surface area contributed by atoms with Gasteiger partial charge >= 0.3 is 0 Å². The Kier molecular flexibility index (Phi) is 5.22. The molecular formula is C10H19ClN2O3S. The van der Waals surface area contributed by atoms with E-state index in [1.165, 1.54) is 4.31 Å². The van der Waals surface area contributed by atoms with Crippen LogP contribution in [-0.4, -0.2) is 42.8 Å². The van der Waals surface area contributed by atoms with Crippen molar-refractivity contribution in [3.8, 4) is 0 Å². The lowest BCUT2D eigenvalue weighted by Gasteiger charge is -2.35. The Morgan fingerprint density at radius 1 is 1.47 bits per heavy atom. The van der Waals surface area contributed by atoms with Crippen LogP contribution in [0.1, 0.15) is 26.2 Å². The maximum atomic E-state index is 12.0. The minimum Gasteiger partial charge on any atom is -0.369 e. The van der Waals surface area contributed by atoms with Gasteiger partial charge in [-0.05, 0) is 26.2 Å². The highest BCUT2D eigenvalue weighted by Crippen LogP contribution is 2.24. The molecule has 1 rings (SSSR count). The molecule has 0 aromatic heterocycles. The molecule has 0 aliphatic carbocycles. The average Bonchev–Trinajstić information content (AvgIpc) is 2.26. The van der Waals surface area contributed by atoms with Gasteiger partial charge in [-0.15, -0.1) is 11.6 Å². The summed E-state index contributed by atoms with van der Waals surface area (Å²) >= 11 is 5.50. The van der Waals surface area contributed by atoms with Gasteiger partial charge in [0, 0.05) is 18.5 Å². The number of nitrogens with two attached hydrogens (primary N) is 1. The fourth-order valence-corrected chi connectivity index (χ4v) is 4.15. The van der Waals surface area contributed by atoms with Gasteiger partial charge in [0.25, 0.3) is 0 Å². The highest BCUT2D eigenvalue weighted by molar-refractivity contribution is 7.89. The second kappa shape index (κ2) is 6.02. The predicted molar refractivity (Wildman–Crippen MR) is 67.2 cm³/mol. The molecular weight excluding hydrogens is 264 g/mol. The van der Waals surface area contributed by atoms with E-state index in [0.29, 0.717) is 25.1 Å². The second-order valence-corrected chi connectivity index (χ2v) is 6.87. The highest BCUT2D eigenvalue weighted by atomic mass is 35.5. The minimum atomic E-state index is -3.32. The molecule has 2 N–H and O–H groups in total. The number of alkyl halides is 1. The SMILES string of the molecule is CC1CCC(C(N)=O)CN1S(=O)(=O)CCCCl. The predicted octanol–water partition coefficient (Wildman–Crippen LogP) is 0.531. The first-order valence-corrected chi connectivity index (χ1v) is 7.87. The van der Waals surface area contributed by atoms with Crippen molar-refractivity contribution in [2.45, 2.75) is 32.2 Å². The monoisotopic (exact) mass is 282 g/mol. The van der Waals surface area contributed by atoms with Crippen molar-refractivity contribution in [2.24, 2.45) is 11.7 Å². The Morgan fingerprint density at radius 2 is 2.12 bits per heavy atom. The molecule has 0 spiro atoms. The molecule has 0 saturated carbocycles. The van der Waals surface area contributed by atoms with Crippen LogP contribution in [-0.2, 0) is 14.8 Å². The van der Waals surface area contributed by atoms with Crippen LogP contribution in [0.2, 0.25) is 0 Å². The van der Waals surface area contributed by atoms with E-state index in [4.69, 9.17) is 17.3 Å². The van der Waals surface area contributed by atoms with Crippen molar-refractivity contribution >= 4 is 27.5 Å². The van der Waals surface area contributed by atoms with Crippen molar-refractivity contribution in [3.63, 3.8) is 0 Å². The van der Waals surface area contributed by atoms with E-state index in [2.05, 4.69) is 0 Å². The van der Waals surface area contributed by atoms with Gasteiger partial charge in [-0.25, -0.2) is 8.42 Å². The molecule has 7 heteroatoms. The fraction of sp³-hybridized carbons (Fsp3) is 0.900. The number of hydrogen-bond donors (Lipinski definition) is 1. The lowest BCUT2D eigenvalue weighted by atomic mass is 9.95. The van der Waals surface area contributed by atoms with Crippen LogP contribution in [0.5, 0.6) is 0 Å². The largest absolute Gasteiger partial charge is 0.369 e. The number of halogens is 1. The molecule has 1 aliphatic heterocycles. The first kappa shape index (κ1) is 14.7. The number of hydrogen-bond acceptors (Lipinski definition) is 3. The maximum Gasteiger partial charge on any atom is 0.221 e. The van der Waals surface area contributed by atoms with E-state index < -0.39 is 15.9 Å². The molecule has 1 fully saturated rings. The fourth-order valence-electron chi connectivity index (χ4n) is 2.05. The Labute approximate surface area is 107 Å². The van der Waals surface area contributed by atoms with Gasteiger partial charge in [-0.3, -0.25) is 4.79 Å². The molecule has 17 heavy (non-hydrogen) atoms. The molecule has 1 aliphatic rings. The molecule has 2 unspecified atom stereocenters. The quantitative estimate of drug-likeness (QED) is 0.747. The van der Waals surface area contributed by atoms with E-state index in [1.807, 2.05) is 6.92 Å². The number of primary amides is 1. The number of amides is 1. The first-order valence-electron chi connectivity index (χ1n) is 5.73. The third-order valence-corrected chi connectivity index (χ3v) is 5.42. The molecule has 1 amide bonds. The minimum absolute atomic E-state index is 0.0340. The van der Waals surface area contributed by atoms with Gasteiger partial charge in [0.2, 0.25) is 15.9 Å². The molecule has 1 saturated heterocycles. The summed E-state index contributed by atoms with van der Waals surface area (Å²) in [5.74, 6) is -0.432. The van der Waals surface area contributed by atoms with Crippen molar-refractivity contribution in [3.05, 3.63) is 0 Å². The Bertz CT molecular complexity index is 372. The molecule has 2 atom stereocenters. The van der Waals surface area contributed by atoms with Crippen LogP contribution in [0, 0.1) is 5.92 Å². The summed E-state index contributed by atoms with van der Waals surface area (Å²) in [6, 6.07) is -0.0640. The number of rotatable bonds is 5. The third-order valence-electron chi connectivity index (χ3n) is 3.12. The van der Waals surface area contributed by atoms with Crippen molar-refractivity contribution < 1.29 is 13.2 Å². The zero-order valence-corrected chi connectivity index (χ0v) is 11.5. The van der Waals surface area contributed by atoms with Gasteiger partial charge in [-0.2, -0.15) is 4.31 Å². The summed E-state index contributed by atoms with van der Waals surface area (Å²) in [4.78, 5) is 11.1.